The van der Waals surface area contributed by atoms with Crippen LogP contribution in [0.15, 0.2) is 0 Å². The van der Waals surface area contributed by atoms with Crippen LogP contribution in [0.4, 0.5) is 4.79 Å². The van der Waals surface area contributed by atoms with Gasteiger partial charge in [0.25, 0.3) is 0 Å². The number of rotatable bonds is 4. The fourth-order valence-corrected chi connectivity index (χ4v) is 1.22. The number of carbonyl (C=O) groups excluding carboxylic acids is 1. The third kappa shape index (κ3) is 3.24. The largest absolute Gasteiger partial charge is 0.480 e. The zero-order chi connectivity index (χ0) is 10.7. The predicted octanol–water partition coefficient (Wildman–Crippen LogP) is 0.415. The summed E-state index contributed by atoms with van der Waals surface area (Å²) in [6, 6.07) is -1.24. The number of hydrogen-bond acceptors (Lipinski definition) is 2. The number of carbonyl (C=O) groups is 2. The van der Waals surface area contributed by atoms with Gasteiger partial charge in [-0.05, 0) is 25.2 Å². The second-order valence-corrected chi connectivity index (χ2v) is 3.89. The van der Waals surface area contributed by atoms with E-state index in [0.29, 0.717) is 18.4 Å². The molecule has 1 aliphatic rings. The molecule has 2 amide bonds. The minimum atomic E-state index is -1.03. The molecule has 5 nitrogen and oxygen atoms in total. The van der Waals surface area contributed by atoms with Crippen LogP contribution >= 0.6 is 0 Å². The standard InChI is InChI=1S/C9H16N2O3/c1-5-3-7(5)4-10-9(14)11-6(2)8(12)13/h5-7H,3-4H2,1-2H3,(H,12,13)(H2,10,11,14)/t5?,6-,7?/m1/s1. The maximum absolute atomic E-state index is 11.1. The molecule has 1 rings (SSSR count). The molecule has 0 radical (unpaired) electrons. The maximum Gasteiger partial charge on any atom is 0.325 e. The molecule has 0 saturated heterocycles. The molecule has 5 heteroatoms. The van der Waals surface area contributed by atoms with Crippen LogP contribution in [0.3, 0.4) is 0 Å². The summed E-state index contributed by atoms with van der Waals surface area (Å²) in [4.78, 5) is 21.5. The molecule has 1 aliphatic carbocycles. The first-order valence-corrected chi connectivity index (χ1v) is 4.78. The van der Waals surface area contributed by atoms with Crippen LogP contribution in [-0.4, -0.2) is 29.7 Å². The van der Waals surface area contributed by atoms with E-state index in [4.69, 9.17) is 5.11 Å². The molecule has 3 atom stereocenters. The first-order chi connectivity index (χ1) is 6.50. The van der Waals surface area contributed by atoms with E-state index in [1.807, 2.05) is 0 Å². The van der Waals surface area contributed by atoms with E-state index in [0.717, 1.165) is 6.42 Å². The van der Waals surface area contributed by atoms with Crippen LogP contribution in [0, 0.1) is 11.8 Å². The monoisotopic (exact) mass is 200 g/mol. The highest BCUT2D eigenvalue weighted by Crippen LogP contribution is 2.36. The molecule has 0 aliphatic heterocycles. The summed E-state index contributed by atoms with van der Waals surface area (Å²) >= 11 is 0. The molecule has 2 unspecified atom stereocenters. The van der Waals surface area contributed by atoms with Crippen molar-refractivity contribution in [3.8, 4) is 0 Å². The Morgan fingerprint density at radius 2 is 2.14 bits per heavy atom. The van der Waals surface area contributed by atoms with Crippen molar-refractivity contribution in [1.82, 2.24) is 10.6 Å². The molecule has 1 fully saturated rings. The molecule has 0 aromatic carbocycles. The van der Waals surface area contributed by atoms with E-state index in [1.54, 1.807) is 0 Å². The van der Waals surface area contributed by atoms with Crippen molar-refractivity contribution >= 4 is 12.0 Å². The fourth-order valence-electron chi connectivity index (χ4n) is 1.22. The predicted molar refractivity (Wildman–Crippen MR) is 50.9 cm³/mol. The Morgan fingerprint density at radius 3 is 2.57 bits per heavy atom. The number of amides is 2. The van der Waals surface area contributed by atoms with E-state index in [9.17, 15) is 9.59 Å². The summed E-state index contributed by atoms with van der Waals surface area (Å²) in [6.45, 7) is 4.20. The molecular formula is C9H16N2O3. The van der Waals surface area contributed by atoms with Crippen LogP contribution < -0.4 is 10.6 Å². The van der Waals surface area contributed by atoms with Crippen LogP contribution in [0.5, 0.6) is 0 Å². The van der Waals surface area contributed by atoms with Crippen molar-refractivity contribution in [1.29, 1.82) is 0 Å². The quantitative estimate of drug-likeness (QED) is 0.615. The van der Waals surface area contributed by atoms with Gasteiger partial charge in [0, 0.05) is 6.54 Å². The van der Waals surface area contributed by atoms with Gasteiger partial charge in [-0.2, -0.15) is 0 Å². The molecule has 0 spiro atoms. The van der Waals surface area contributed by atoms with Crippen molar-refractivity contribution in [2.75, 3.05) is 6.54 Å². The number of urea groups is 1. The van der Waals surface area contributed by atoms with Gasteiger partial charge in [0.15, 0.2) is 0 Å². The smallest absolute Gasteiger partial charge is 0.325 e. The van der Waals surface area contributed by atoms with Crippen molar-refractivity contribution in [3.05, 3.63) is 0 Å². The average molecular weight is 200 g/mol. The summed E-state index contributed by atoms with van der Waals surface area (Å²) in [5.74, 6) is 0.230. The van der Waals surface area contributed by atoms with E-state index < -0.39 is 18.0 Å². The first kappa shape index (κ1) is 10.8. The lowest BCUT2D eigenvalue weighted by Gasteiger charge is -2.10. The van der Waals surface area contributed by atoms with E-state index in [1.165, 1.54) is 6.92 Å². The summed E-state index contributed by atoms with van der Waals surface area (Å²) in [5.41, 5.74) is 0. The Labute approximate surface area is 82.9 Å². The summed E-state index contributed by atoms with van der Waals surface area (Å²) in [5, 5.41) is 13.5. The van der Waals surface area contributed by atoms with Crippen LogP contribution in [-0.2, 0) is 4.79 Å². The fraction of sp³-hybridized carbons (Fsp3) is 0.778. The van der Waals surface area contributed by atoms with Crippen molar-refractivity contribution in [3.63, 3.8) is 0 Å². The molecule has 14 heavy (non-hydrogen) atoms. The van der Waals surface area contributed by atoms with E-state index in [-0.39, 0.29) is 0 Å². The van der Waals surface area contributed by atoms with Crippen LogP contribution in [0.25, 0.3) is 0 Å². The van der Waals surface area contributed by atoms with Gasteiger partial charge >= 0.3 is 12.0 Å². The van der Waals surface area contributed by atoms with Crippen molar-refractivity contribution < 1.29 is 14.7 Å². The molecule has 0 aromatic rings. The first-order valence-electron chi connectivity index (χ1n) is 4.78. The molecular weight excluding hydrogens is 184 g/mol. The van der Waals surface area contributed by atoms with Crippen molar-refractivity contribution in [2.24, 2.45) is 11.8 Å². The molecule has 0 heterocycles. The van der Waals surface area contributed by atoms with Crippen LogP contribution in [0.2, 0.25) is 0 Å². The number of carboxylic acids is 1. The second kappa shape index (κ2) is 4.30. The maximum atomic E-state index is 11.1. The average Bonchev–Trinajstić information content (AvgIpc) is 2.78. The zero-order valence-corrected chi connectivity index (χ0v) is 8.41. The molecule has 3 N–H and O–H groups in total. The summed E-state index contributed by atoms with van der Waals surface area (Å²) in [7, 11) is 0. The Bertz CT molecular complexity index is 242. The van der Waals surface area contributed by atoms with Gasteiger partial charge in [-0.15, -0.1) is 0 Å². The molecule has 0 bridgehead atoms. The van der Waals surface area contributed by atoms with Gasteiger partial charge in [-0.3, -0.25) is 4.79 Å². The Hall–Kier alpha value is -1.26. The molecule has 0 aromatic heterocycles. The van der Waals surface area contributed by atoms with Crippen molar-refractivity contribution in [2.45, 2.75) is 26.3 Å². The van der Waals surface area contributed by atoms with Gasteiger partial charge in [-0.1, -0.05) is 6.92 Å². The molecule has 1 saturated carbocycles. The zero-order valence-electron chi connectivity index (χ0n) is 8.41. The lowest BCUT2D eigenvalue weighted by Crippen LogP contribution is -2.44. The summed E-state index contributed by atoms with van der Waals surface area (Å²) < 4.78 is 0. The minimum absolute atomic E-state index is 0.404. The topological polar surface area (TPSA) is 78.4 Å². The lowest BCUT2D eigenvalue weighted by atomic mass is 10.3. The minimum Gasteiger partial charge on any atom is -0.480 e. The van der Waals surface area contributed by atoms with E-state index in [2.05, 4.69) is 17.6 Å². The lowest BCUT2D eigenvalue weighted by molar-refractivity contribution is -0.138. The van der Waals surface area contributed by atoms with E-state index >= 15 is 0 Å². The van der Waals surface area contributed by atoms with Gasteiger partial charge in [0.1, 0.15) is 6.04 Å². The number of aliphatic carboxylic acids is 1. The molecule has 80 valence electrons. The highest BCUT2D eigenvalue weighted by atomic mass is 16.4. The third-order valence-electron chi connectivity index (χ3n) is 2.52. The highest BCUT2D eigenvalue weighted by Gasteiger charge is 2.32. The Balaban J connectivity index is 2.12. The number of carboxylic acid groups (broad SMARTS) is 1. The normalized spacial score (nSPS) is 26.4. The van der Waals surface area contributed by atoms with Gasteiger partial charge in [0.05, 0.1) is 0 Å². The Morgan fingerprint density at radius 1 is 1.57 bits per heavy atom. The Kier molecular flexibility index (Phi) is 3.33. The highest BCUT2D eigenvalue weighted by molar-refractivity contribution is 5.82. The van der Waals surface area contributed by atoms with Crippen LogP contribution in [0.1, 0.15) is 20.3 Å². The number of nitrogens with one attached hydrogen (secondary N) is 2. The van der Waals surface area contributed by atoms with Gasteiger partial charge in [-0.25, -0.2) is 4.79 Å². The van der Waals surface area contributed by atoms with Gasteiger partial charge in [0.2, 0.25) is 0 Å². The third-order valence-corrected chi connectivity index (χ3v) is 2.52. The van der Waals surface area contributed by atoms with Gasteiger partial charge < -0.3 is 15.7 Å². The second-order valence-electron chi connectivity index (χ2n) is 3.89. The SMILES string of the molecule is CC1CC1CNC(=O)N[C@H](C)C(=O)O. The number of hydrogen-bond donors (Lipinski definition) is 3. The summed E-state index contributed by atoms with van der Waals surface area (Å²) in [6.07, 6.45) is 1.15.